The summed E-state index contributed by atoms with van der Waals surface area (Å²) in [5.74, 6) is 1.37. The van der Waals surface area contributed by atoms with Gasteiger partial charge in [-0.25, -0.2) is 9.97 Å². The molecule has 0 radical (unpaired) electrons. The smallest absolute Gasteiger partial charge is 0.271 e. The van der Waals surface area contributed by atoms with Crippen molar-refractivity contribution in [2.24, 2.45) is 0 Å². The van der Waals surface area contributed by atoms with Crippen molar-refractivity contribution in [1.29, 1.82) is 0 Å². The number of hydrogen-bond acceptors (Lipinski definition) is 8. The van der Waals surface area contributed by atoms with E-state index in [1.807, 2.05) is 48.7 Å². The highest BCUT2D eigenvalue weighted by Gasteiger charge is 2.18. The molecule has 4 rings (SSSR count). The first-order valence-electron chi connectivity index (χ1n) is 10.00. The molecule has 0 unspecified atom stereocenters. The maximum atomic E-state index is 13.0. The van der Waals surface area contributed by atoms with Crippen LogP contribution in [0, 0.1) is 0 Å². The second-order valence-electron chi connectivity index (χ2n) is 7.06. The Kier molecular flexibility index (Phi) is 6.46. The molecule has 0 aliphatic rings. The van der Waals surface area contributed by atoms with Crippen LogP contribution in [0.25, 0.3) is 10.2 Å². The van der Waals surface area contributed by atoms with Gasteiger partial charge in [-0.05, 0) is 47.7 Å². The SMILES string of the molecule is COc1ccc(CNC(=O)c2nc(N[C@@H](C)c3cccnc3)nc3ccsc23)cc1OC. The summed E-state index contributed by atoms with van der Waals surface area (Å²) in [6.07, 6.45) is 3.52. The fourth-order valence-electron chi connectivity index (χ4n) is 3.25. The maximum Gasteiger partial charge on any atom is 0.271 e. The van der Waals surface area contributed by atoms with Crippen LogP contribution in [0.3, 0.4) is 0 Å². The van der Waals surface area contributed by atoms with Crippen molar-refractivity contribution in [3.05, 3.63) is 71.0 Å². The normalized spacial score (nSPS) is 11.7. The summed E-state index contributed by atoms with van der Waals surface area (Å²) < 4.78 is 11.3. The molecular weight excluding hydrogens is 426 g/mol. The van der Waals surface area contributed by atoms with Gasteiger partial charge in [0.25, 0.3) is 5.91 Å². The molecule has 3 heterocycles. The van der Waals surface area contributed by atoms with Crippen LogP contribution < -0.4 is 20.1 Å². The molecule has 0 saturated carbocycles. The van der Waals surface area contributed by atoms with Gasteiger partial charge in [0, 0.05) is 18.9 Å². The number of carbonyl (C=O) groups is 1. The number of aromatic nitrogens is 3. The Bertz CT molecular complexity index is 1230. The molecule has 1 aromatic carbocycles. The highest BCUT2D eigenvalue weighted by atomic mass is 32.1. The van der Waals surface area contributed by atoms with Crippen molar-refractivity contribution in [3.63, 3.8) is 0 Å². The lowest BCUT2D eigenvalue weighted by molar-refractivity contribution is 0.0948. The molecule has 164 valence electrons. The number of pyridine rings is 1. The first kappa shape index (κ1) is 21.5. The molecule has 1 amide bonds. The van der Waals surface area contributed by atoms with Gasteiger partial charge in [-0.2, -0.15) is 0 Å². The summed E-state index contributed by atoms with van der Waals surface area (Å²) in [5.41, 5.74) is 2.95. The standard InChI is InChI=1S/C23H23N5O3S/c1-14(16-5-4-9-24-13-16)26-23-27-17-8-10-32-21(17)20(28-23)22(29)25-12-15-6-7-18(30-2)19(11-15)31-3/h4-11,13-14H,12H2,1-3H3,(H,25,29)(H,26,27,28)/t14-/m0/s1. The first-order chi connectivity index (χ1) is 15.6. The van der Waals surface area contributed by atoms with E-state index in [2.05, 4.69) is 25.6 Å². The van der Waals surface area contributed by atoms with Gasteiger partial charge in [0.05, 0.1) is 30.5 Å². The van der Waals surface area contributed by atoms with Gasteiger partial charge < -0.3 is 20.1 Å². The third-order valence-electron chi connectivity index (χ3n) is 4.95. The van der Waals surface area contributed by atoms with Crippen molar-refractivity contribution in [2.45, 2.75) is 19.5 Å². The van der Waals surface area contributed by atoms with E-state index >= 15 is 0 Å². The van der Waals surface area contributed by atoms with Crippen molar-refractivity contribution in [2.75, 3.05) is 19.5 Å². The molecular formula is C23H23N5O3S. The van der Waals surface area contributed by atoms with Gasteiger partial charge in [0.15, 0.2) is 17.2 Å². The monoisotopic (exact) mass is 449 g/mol. The summed E-state index contributed by atoms with van der Waals surface area (Å²) >= 11 is 1.44. The zero-order valence-corrected chi connectivity index (χ0v) is 18.8. The zero-order chi connectivity index (χ0) is 22.5. The van der Waals surface area contributed by atoms with Crippen molar-refractivity contribution >= 4 is 33.4 Å². The quantitative estimate of drug-likeness (QED) is 0.416. The number of nitrogens with zero attached hydrogens (tertiary/aromatic N) is 3. The van der Waals surface area contributed by atoms with E-state index < -0.39 is 0 Å². The van der Waals surface area contributed by atoms with Crippen molar-refractivity contribution in [3.8, 4) is 11.5 Å². The summed E-state index contributed by atoms with van der Waals surface area (Å²) in [7, 11) is 3.16. The molecule has 1 atom stereocenters. The fraction of sp³-hybridized carbons (Fsp3) is 0.217. The average molecular weight is 450 g/mol. The second kappa shape index (κ2) is 9.61. The third kappa shape index (κ3) is 4.62. The van der Waals surface area contributed by atoms with E-state index in [4.69, 9.17) is 9.47 Å². The average Bonchev–Trinajstić information content (AvgIpc) is 3.31. The number of amides is 1. The molecule has 0 aliphatic carbocycles. The Morgan fingerprint density at radius 3 is 2.72 bits per heavy atom. The first-order valence-corrected chi connectivity index (χ1v) is 10.9. The van der Waals surface area contributed by atoms with Gasteiger partial charge in [0.2, 0.25) is 5.95 Å². The number of benzene rings is 1. The van der Waals surface area contributed by atoms with Crippen LogP contribution in [0.1, 0.15) is 34.6 Å². The lowest BCUT2D eigenvalue weighted by Crippen LogP contribution is -2.24. The van der Waals surface area contributed by atoms with Crippen LogP contribution >= 0.6 is 11.3 Å². The predicted octanol–water partition coefficient (Wildman–Crippen LogP) is 4.21. The van der Waals surface area contributed by atoms with Crippen molar-refractivity contribution in [1.82, 2.24) is 20.3 Å². The number of nitrogens with one attached hydrogen (secondary N) is 2. The van der Waals surface area contributed by atoms with Gasteiger partial charge in [0.1, 0.15) is 0 Å². The summed E-state index contributed by atoms with van der Waals surface area (Å²) in [4.78, 5) is 26.3. The number of methoxy groups -OCH3 is 2. The largest absolute Gasteiger partial charge is 0.493 e. The van der Waals surface area contributed by atoms with E-state index in [1.165, 1.54) is 11.3 Å². The van der Waals surface area contributed by atoms with Crippen molar-refractivity contribution < 1.29 is 14.3 Å². The predicted molar refractivity (Wildman–Crippen MR) is 124 cm³/mol. The zero-order valence-electron chi connectivity index (χ0n) is 18.0. The fourth-order valence-corrected chi connectivity index (χ4v) is 4.07. The van der Waals surface area contributed by atoms with Crippen LogP contribution in [0.15, 0.2) is 54.2 Å². The molecule has 0 bridgehead atoms. The summed E-state index contributed by atoms with van der Waals surface area (Å²) in [6.45, 7) is 2.32. The highest BCUT2D eigenvalue weighted by molar-refractivity contribution is 7.17. The van der Waals surface area contributed by atoms with E-state index in [9.17, 15) is 4.79 Å². The number of thiophene rings is 1. The number of ether oxygens (including phenoxy) is 2. The molecule has 0 saturated heterocycles. The minimum atomic E-state index is -0.272. The van der Waals surface area contributed by atoms with Crippen LogP contribution in [0.2, 0.25) is 0 Å². The second-order valence-corrected chi connectivity index (χ2v) is 7.97. The number of fused-ring (bicyclic) bond motifs is 1. The number of rotatable bonds is 8. The molecule has 32 heavy (non-hydrogen) atoms. The lowest BCUT2D eigenvalue weighted by atomic mass is 10.1. The van der Waals surface area contributed by atoms with Gasteiger partial charge in [-0.15, -0.1) is 11.3 Å². The summed E-state index contributed by atoms with van der Waals surface area (Å²) in [6, 6.07) is 11.2. The molecule has 9 heteroatoms. The molecule has 8 nitrogen and oxygen atoms in total. The number of anilines is 1. The molecule has 0 fully saturated rings. The number of hydrogen-bond donors (Lipinski definition) is 2. The molecule has 3 aromatic heterocycles. The Morgan fingerprint density at radius 2 is 1.97 bits per heavy atom. The minimum absolute atomic E-state index is 0.0672. The van der Waals surface area contributed by atoms with E-state index in [0.717, 1.165) is 21.3 Å². The van der Waals surface area contributed by atoms with Gasteiger partial charge in [-0.1, -0.05) is 12.1 Å². The van der Waals surface area contributed by atoms with Crippen LogP contribution in [-0.4, -0.2) is 35.1 Å². The lowest BCUT2D eigenvalue weighted by Gasteiger charge is -2.15. The molecule has 4 aromatic rings. The Morgan fingerprint density at radius 1 is 1.12 bits per heavy atom. The maximum absolute atomic E-state index is 13.0. The molecule has 0 spiro atoms. The van der Waals surface area contributed by atoms with E-state index in [1.54, 1.807) is 26.6 Å². The third-order valence-corrected chi connectivity index (χ3v) is 5.86. The van der Waals surface area contributed by atoms with Crippen LogP contribution in [0.5, 0.6) is 11.5 Å². The topological polar surface area (TPSA) is 98.3 Å². The summed E-state index contributed by atoms with van der Waals surface area (Å²) in [5, 5.41) is 8.11. The number of carbonyl (C=O) groups excluding carboxylic acids is 1. The Balaban J connectivity index is 1.54. The highest BCUT2D eigenvalue weighted by Crippen LogP contribution is 2.28. The van der Waals surface area contributed by atoms with Gasteiger partial charge >= 0.3 is 0 Å². The van der Waals surface area contributed by atoms with E-state index in [0.29, 0.717) is 29.7 Å². The molecule has 0 aliphatic heterocycles. The minimum Gasteiger partial charge on any atom is -0.493 e. The van der Waals surface area contributed by atoms with Crippen LogP contribution in [-0.2, 0) is 6.54 Å². The van der Waals surface area contributed by atoms with Gasteiger partial charge in [-0.3, -0.25) is 9.78 Å². The van der Waals surface area contributed by atoms with Crippen LogP contribution in [0.4, 0.5) is 5.95 Å². The Hall–Kier alpha value is -3.72. The van der Waals surface area contributed by atoms with E-state index in [-0.39, 0.29) is 11.9 Å². The molecule has 2 N–H and O–H groups in total. The Labute approximate surface area is 189 Å².